The Kier molecular flexibility index (Phi) is 7.63. The maximum absolute atomic E-state index is 13.8. The van der Waals surface area contributed by atoms with Crippen LogP contribution in [-0.2, 0) is 10.5 Å². The number of phenolic OH excluding ortho intramolecular Hbond substituents is 1. The number of ether oxygens (including phenoxy) is 1. The number of aromatic nitrogens is 3. The molecule has 0 fully saturated rings. The smallest absolute Gasteiger partial charge is 0.296 e. The SMILES string of the molecule is COc1cc(C2C(C(=O)c3sc(C)nc3C)=C(O)C(=O)N2c2nnc(SCc3ccc(Cl)cc3)s2)ccc1O. The molecule has 0 spiro atoms. The third-order valence-electron chi connectivity index (χ3n) is 5.96. The van der Waals surface area contributed by atoms with Crippen molar-refractivity contribution in [2.75, 3.05) is 12.0 Å². The maximum atomic E-state index is 13.8. The number of amides is 1. The van der Waals surface area contributed by atoms with E-state index in [1.165, 1.54) is 58.6 Å². The number of halogens is 1. The van der Waals surface area contributed by atoms with Crippen molar-refractivity contribution < 1.29 is 24.5 Å². The summed E-state index contributed by atoms with van der Waals surface area (Å²) in [7, 11) is 1.40. The Labute approximate surface area is 240 Å². The van der Waals surface area contributed by atoms with E-state index in [0.29, 0.717) is 36.3 Å². The Bertz CT molecular complexity index is 1620. The lowest BCUT2D eigenvalue weighted by Crippen LogP contribution is -2.31. The molecule has 0 aliphatic carbocycles. The number of thioether (sulfide) groups is 1. The minimum absolute atomic E-state index is 0.106. The van der Waals surface area contributed by atoms with E-state index in [-0.39, 0.29) is 22.2 Å². The average molecular weight is 601 g/mol. The number of benzene rings is 2. The molecule has 1 atom stereocenters. The van der Waals surface area contributed by atoms with Crippen LogP contribution < -0.4 is 9.64 Å². The number of nitrogens with zero attached hydrogens (tertiary/aromatic N) is 4. The maximum Gasteiger partial charge on any atom is 0.296 e. The van der Waals surface area contributed by atoms with Crippen molar-refractivity contribution in [2.24, 2.45) is 0 Å². The van der Waals surface area contributed by atoms with Crippen LogP contribution in [0.15, 0.2) is 58.1 Å². The average Bonchev–Trinajstić information content (AvgIpc) is 3.59. The molecule has 0 saturated carbocycles. The number of aryl methyl sites for hydroxylation is 2. The van der Waals surface area contributed by atoms with Crippen LogP contribution >= 0.6 is 46.0 Å². The molecule has 1 amide bonds. The molecule has 2 aromatic carbocycles. The standard InChI is InChI=1S/C26H21ClN4O5S3/c1-12-23(38-13(2)28-12)21(33)19-20(15-6-9-17(32)18(10-15)36-3)31(24(35)22(19)34)25-29-30-26(39-25)37-11-14-4-7-16(27)8-5-14/h4-10,20,32,34H,11H2,1-3H3. The molecule has 0 saturated heterocycles. The topological polar surface area (TPSA) is 126 Å². The van der Waals surface area contributed by atoms with Gasteiger partial charge in [0.2, 0.25) is 10.9 Å². The molecule has 0 radical (unpaired) electrons. The van der Waals surface area contributed by atoms with Gasteiger partial charge in [0.05, 0.1) is 34.3 Å². The van der Waals surface area contributed by atoms with Gasteiger partial charge >= 0.3 is 0 Å². The summed E-state index contributed by atoms with van der Waals surface area (Å²) in [6.45, 7) is 3.48. The second-order valence-corrected chi connectivity index (χ2v) is 12.3. The number of carbonyl (C=O) groups is 2. The zero-order chi connectivity index (χ0) is 27.8. The first-order chi connectivity index (χ1) is 18.7. The number of hydrogen-bond donors (Lipinski definition) is 2. The number of phenols is 1. The summed E-state index contributed by atoms with van der Waals surface area (Å²) in [5.41, 5.74) is 1.88. The molecule has 2 N–H and O–H groups in total. The van der Waals surface area contributed by atoms with Crippen LogP contribution in [0.25, 0.3) is 0 Å². The number of methoxy groups -OCH3 is 1. The molecule has 4 aromatic rings. The fourth-order valence-electron chi connectivity index (χ4n) is 4.16. The summed E-state index contributed by atoms with van der Waals surface area (Å²) in [5.74, 6) is -1.31. The lowest BCUT2D eigenvalue weighted by atomic mass is 9.95. The van der Waals surface area contributed by atoms with Crippen LogP contribution in [0.4, 0.5) is 5.13 Å². The molecule has 39 heavy (non-hydrogen) atoms. The van der Waals surface area contributed by atoms with E-state index in [9.17, 15) is 19.8 Å². The summed E-state index contributed by atoms with van der Waals surface area (Å²) in [6, 6.07) is 10.9. The van der Waals surface area contributed by atoms with Gasteiger partial charge in [-0.25, -0.2) is 4.98 Å². The first-order valence-electron chi connectivity index (χ1n) is 11.5. The predicted octanol–water partition coefficient (Wildman–Crippen LogP) is 6.05. The van der Waals surface area contributed by atoms with E-state index >= 15 is 0 Å². The molecule has 2 aromatic heterocycles. The second-order valence-electron chi connectivity index (χ2n) is 8.51. The summed E-state index contributed by atoms with van der Waals surface area (Å²) < 4.78 is 5.87. The van der Waals surface area contributed by atoms with Gasteiger partial charge in [-0.1, -0.05) is 52.9 Å². The minimum Gasteiger partial charge on any atom is -0.504 e. The highest BCUT2D eigenvalue weighted by Gasteiger charge is 2.47. The molecule has 1 aliphatic rings. The van der Waals surface area contributed by atoms with Gasteiger partial charge in [-0.05, 0) is 49.2 Å². The van der Waals surface area contributed by atoms with Crippen molar-refractivity contribution in [2.45, 2.75) is 30.0 Å². The molecular formula is C26H21ClN4O5S3. The number of aliphatic hydroxyl groups is 1. The van der Waals surface area contributed by atoms with Crippen LogP contribution in [0.5, 0.6) is 11.5 Å². The highest BCUT2D eigenvalue weighted by atomic mass is 35.5. The largest absolute Gasteiger partial charge is 0.504 e. The quantitative estimate of drug-likeness (QED) is 0.141. The van der Waals surface area contributed by atoms with E-state index in [0.717, 1.165) is 5.56 Å². The van der Waals surface area contributed by atoms with Crippen LogP contribution in [0.3, 0.4) is 0 Å². The number of aliphatic hydroxyl groups excluding tert-OH is 1. The number of rotatable bonds is 8. The lowest BCUT2D eigenvalue weighted by molar-refractivity contribution is -0.117. The molecule has 3 heterocycles. The summed E-state index contributed by atoms with van der Waals surface area (Å²) in [5, 5.41) is 31.2. The molecule has 1 unspecified atom stereocenters. The molecule has 1 aliphatic heterocycles. The third kappa shape index (κ3) is 5.24. The van der Waals surface area contributed by atoms with Crippen molar-refractivity contribution in [1.82, 2.24) is 15.2 Å². The molecular weight excluding hydrogens is 580 g/mol. The molecule has 13 heteroatoms. The Morgan fingerprint density at radius 3 is 2.54 bits per heavy atom. The van der Waals surface area contributed by atoms with Crippen molar-refractivity contribution in [3.63, 3.8) is 0 Å². The molecule has 5 rings (SSSR count). The number of thiazole rings is 1. The molecule has 200 valence electrons. The number of carbonyl (C=O) groups excluding carboxylic acids is 2. The number of hydrogen-bond acceptors (Lipinski definition) is 11. The van der Waals surface area contributed by atoms with Gasteiger partial charge in [-0.15, -0.1) is 21.5 Å². The highest BCUT2D eigenvalue weighted by molar-refractivity contribution is 8.00. The van der Waals surface area contributed by atoms with Crippen molar-refractivity contribution in [1.29, 1.82) is 0 Å². The number of aromatic hydroxyl groups is 1. The summed E-state index contributed by atoms with van der Waals surface area (Å²) in [6.07, 6.45) is 0. The van der Waals surface area contributed by atoms with Gasteiger partial charge in [0.1, 0.15) is 0 Å². The van der Waals surface area contributed by atoms with E-state index in [1.807, 2.05) is 24.3 Å². The fourth-order valence-corrected chi connectivity index (χ4v) is 6.99. The molecule has 9 nitrogen and oxygen atoms in total. The van der Waals surface area contributed by atoms with E-state index < -0.39 is 23.5 Å². The van der Waals surface area contributed by atoms with Gasteiger partial charge in [-0.2, -0.15) is 0 Å². The zero-order valence-corrected chi connectivity index (χ0v) is 24.0. The predicted molar refractivity (Wildman–Crippen MR) is 151 cm³/mol. The van der Waals surface area contributed by atoms with Crippen LogP contribution in [0, 0.1) is 13.8 Å². The number of Topliss-reactive ketones (excluding diaryl/α,β-unsaturated/α-hetero) is 1. The Morgan fingerprint density at radius 1 is 1.13 bits per heavy atom. The first-order valence-corrected chi connectivity index (χ1v) is 14.5. The van der Waals surface area contributed by atoms with Crippen LogP contribution in [0.1, 0.15) is 37.5 Å². The normalized spacial score (nSPS) is 15.3. The van der Waals surface area contributed by atoms with Gasteiger partial charge in [0.15, 0.2) is 21.6 Å². The van der Waals surface area contributed by atoms with Crippen molar-refractivity contribution in [3.8, 4) is 11.5 Å². The van der Waals surface area contributed by atoms with Gasteiger partial charge in [0.25, 0.3) is 5.91 Å². The van der Waals surface area contributed by atoms with Crippen LogP contribution in [0.2, 0.25) is 5.02 Å². The molecule has 0 bridgehead atoms. The van der Waals surface area contributed by atoms with E-state index in [4.69, 9.17) is 16.3 Å². The van der Waals surface area contributed by atoms with Crippen molar-refractivity contribution >= 4 is 62.9 Å². The first kappa shape index (κ1) is 27.1. The van der Waals surface area contributed by atoms with E-state index in [2.05, 4.69) is 15.2 Å². The number of anilines is 1. The summed E-state index contributed by atoms with van der Waals surface area (Å²) in [4.78, 5) is 33.1. The van der Waals surface area contributed by atoms with Crippen LogP contribution in [-0.4, -0.2) is 44.2 Å². The second kappa shape index (κ2) is 11.0. The monoisotopic (exact) mass is 600 g/mol. The Hall–Kier alpha value is -3.45. The van der Waals surface area contributed by atoms with Gasteiger partial charge < -0.3 is 14.9 Å². The Morgan fingerprint density at radius 2 is 1.87 bits per heavy atom. The van der Waals surface area contributed by atoms with E-state index in [1.54, 1.807) is 19.9 Å². The Balaban J connectivity index is 1.53. The van der Waals surface area contributed by atoms with Crippen molar-refractivity contribution in [3.05, 3.63) is 85.5 Å². The fraction of sp³-hybridized carbons (Fsp3) is 0.192. The highest BCUT2D eigenvalue weighted by Crippen LogP contribution is 2.46. The third-order valence-corrected chi connectivity index (χ3v) is 9.41. The lowest BCUT2D eigenvalue weighted by Gasteiger charge is -2.24. The zero-order valence-electron chi connectivity index (χ0n) is 20.8. The minimum atomic E-state index is -1.04. The number of ketones is 1. The van der Waals surface area contributed by atoms with Gasteiger partial charge in [0, 0.05) is 10.8 Å². The van der Waals surface area contributed by atoms with Gasteiger partial charge in [-0.3, -0.25) is 14.5 Å². The summed E-state index contributed by atoms with van der Waals surface area (Å²) >= 11 is 9.76.